The number of hydrogen-bond donors (Lipinski definition) is 1. The van der Waals surface area contributed by atoms with Crippen LogP contribution in [0.2, 0.25) is 0 Å². The molecule has 0 radical (unpaired) electrons. The topological polar surface area (TPSA) is 12.0 Å². The minimum atomic E-state index is 0.512. The van der Waals surface area contributed by atoms with E-state index in [1.165, 1.54) is 12.8 Å². The third-order valence-corrected chi connectivity index (χ3v) is 4.21. The van der Waals surface area contributed by atoms with Gasteiger partial charge in [0.2, 0.25) is 0 Å². The zero-order chi connectivity index (χ0) is 10.9. The van der Waals surface area contributed by atoms with Gasteiger partial charge >= 0.3 is 0 Å². The highest BCUT2D eigenvalue weighted by Gasteiger charge is 2.48. The summed E-state index contributed by atoms with van der Waals surface area (Å²) in [5.41, 5.74) is 0.512. The second-order valence-electron chi connectivity index (χ2n) is 6.09. The lowest BCUT2D eigenvalue weighted by Gasteiger charge is -2.33. The fourth-order valence-electron chi connectivity index (χ4n) is 2.71. The third-order valence-electron chi connectivity index (χ3n) is 4.21. The van der Waals surface area contributed by atoms with Crippen LogP contribution in [0.1, 0.15) is 47.5 Å². The van der Waals surface area contributed by atoms with E-state index in [1.54, 1.807) is 0 Å². The summed E-state index contributed by atoms with van der Waals surface area (Å²) in [5, 5.41) is 3.40. The first kappa shape index (κ1) is 12.0. The summed E-state index contributed by atoms with van der Waals surface area (Å²) in [6.07, 6.45) is 2.74. The van der Waals surface area contributed by atoms with Crippen molar-refractivity contribution in [3.63, 3.8) is 0 Å². The van der Waals surface area contributed by atoms with E-state index in [4.69, 9.17) is 0 Å². The molecule has 84 valence electrons. The predicted molar refractivity (Wildman–Crippen MR) is 63.4 cm³/mol. The predicted octanol–water partition coefficient (Wildman–Crippen LogP) is 3.30. The summed E-state index contributed by atoms with van der Waals surface area (Å²) >= 11 is 0. The highest BCUT2D eigenvalue weighted by atomic mass is 14.9. The summed E-state index contributed by atoms with van der Waals surface area (Å²) in [6.45, 7) is 12.0. The van der Waals surface area contributed by atoms with Gasteiger partial charge < -0.3 is 5.32 Å². The van der Waals surface area contributed by atoms with E-state index in [0.717, 1.165) is 23.8 Å². The van der Waals surface area contributed by atoms with Crippen LogP contribution in [0, 0.1) is 23.2 Å². The molecule has 1 aliphatic rings. The molecule has 0 aliphatic heterocycles. The first-order chi connectivity index (χ1) is 6.39. The summed E-state index contributed by atoms with van der Waals surface area (Å²) in [6, 6.07) is 0.791. The first-order valence-electron chi connectivity index (χ1n) is 6.06. The van der Waals surface area contributed by atoms with Gasteiger partial charge in [0, 0.05) is 6.04 Å². The molecule has 14 heavy (non-hydrogen) atoms. The summed E-state index contributed by atoms with van der Waals surface area (Å²) in [4.78, 5) is 0. The van der Waals surface area contributed by atoms with E-state index in [-0.39, 0.29) is 0 Å². The van der Waals surface area contributed by atoms with E-state index in [0.29, 0.717) is 5.41 Å². The number of nitrogens with one attached hydrogen (secondary N) is 1. The molecule has 0 saturated heterocycles. The van der Waals surface area contributed by atoms with Gasteiger partial charge in [-0.05, 0) is 43.1 Å². The molecule has 1 heteroatoms. The number of hydrogen-bond acceptors (Lipinski definition) is 1. The van der Waals surface area contributed by atoms with Crippen LogP contribution in [-0.2, 0) is 0 Å². The molecule has 3 atom stereocenters. The molecule has 0 amide bonds. The molecular formula is C13H27N. The van der Waals surface area contributed by atoms with E-state index in [2.05, 4.69) is 47.0 Å². The minimum absolute atomic E-state index is 0.512. The normalized spacial score (nSPS) is 29.4. The second kappa shape index (κ2) is 4.22. The lowest BCUT2D eigenvalue weighted by Crippen LogP contribution is -2.29. The molecule has 1 N–H and O–H groups in total. The molecule has 1 saturated carbocycles. The lowest BCUT2D eigenvalue weighted by molar-refractivity contribution is 0.160. The van der Waals surface area contributed by atoms with Crippen molar-refractivity contribution in [1.29, 1.82) is 0 Å². The van der Waals surface area contributed by atoms with Crippen molar-refractivity contribution in [3.8, 4) is 0 Å². The second-order valence-corrected chi connectivity index (χ2v) is 6.09. The Morgan fingerprint density at radius 2 is 1.86 bits per heavy atom. The SMILES string of the molecule is CNC1CC1C(C)(C)C(C)CC(C)C. The molecule has 3 unspecified atom stereocenters. The van der Waals surface area contributed by atoms with Gasteiger partial charge in [-0.15, -0.1) is 0 Å². The van der Waals surface area contributed by atoms with Gasteiger partial charge in [-0.2, -0.15) is 0 Å². The average Bonchev–Trinajstić information content (AvgIpc) is 2.81. The Labute approximate surface area is 89.7 Å². The fraction of sp³-hybridized carbons (Fsp3) is 1.00. The molecule has 0 bridgehead atoms. The van der Waals surface area contributed by atoms with Crippen LogP contribution < -0.4 is 5.32 Å². The van der Waals surface area contributed by atoms with E-state index >= 15 is 0 Å². The van der Waals surface area contributed by atoms with Gasteiger partial charge in [0.15, 0.2) is 0 Å². The van der Waals surface area contributed by atoms with Gasteiger partial charge in [0.05, 0.1) is 0 Å². The van der Waals surface area contributed by atoms with Crippen molar-refractivity contribution < 1.29 is 0 Å². The van der Waals surface area contributed by atoms with Gasteiger partial charge in [0.1, 0.15) is 0 Å². The first-order valence-corrected chi connectivity index (χ1v) is 6.06. The largest absolute Gasteiger partial charge is 0.317 e. The van der Waals surface area contributed by atoms with Crippen molar-refractivity contribution in [2.75, 3.05) is 7.05 Å². The van der Waals surface area contributed by atoms with Crippen LogP contribution in [-0.4, -0.2) is 13.1 Å². The lowest BCUT2D eigenvalue weighted by atomic mass is 9.72. The van der Waals surface area contributed by atoms with Crippen molar-refractivity contribution >= 4 is 0 Å². The summed E-state index contributed by atoms with van der Waals surface area (Å²) in [7, 11) is 2.09. The molecule has 1 rings (SSSR count). The minimum Gasteiger partial charge on any atom is -0.317 e. The molecule has 0 aromatic rings. The quantitative estimate of drug-likeness (QED) is 0.713. The summed E-state index contributed by atoms with van der Waals surface area (Å²) < 4.78 is 0. The van der Waals surface area contributed by atoms with Crippen LogP contribution >= 0.6 is 0 Å². The number of rotatable bonds is 5. The maximum Gasteiger partial charge on any atom is 0.0101 e. The Bertz CT molecular complexity index is 184. The van der Waals surface area contributed by atoms with Crippen LogP contribution in [0.5, 0.6) is 0 Å². The van der Waals surface area contributed by atoms with Crippen molar-refractivity contribution in [2.24, 2.45) is 23.2 Å². The van der Waals surface area contributed by atoms with Gasteiger partial charge in [-0.25, -0.2) is 0 Å². The van der Waals surface area contributed by atoms with Gasteiger partial charge in [-0.1, -0.05) is 34.6 Å². The highest BCUT2D eigenvalue weighted by Crippen LogP contribution is 2.50. The zero-order valence-corrected chi connectivity index (χ0v) is 10.7. The van der Waals surface area contributed by atoms with E-state index in [1.807, 2.05) is 0 Å². The van der Waals surface area contributed by atoms with Crippen molar-refractivity contribution in [1.82, 2.24) is 5.32 Å². The standard InChI is InChI=1S/C13H27N/c1-9(2)7-10(3)13(4,5)11-8-12(11)14-6/h9-12,14H,7-8H2,1-6H3. The third kappa shape index (κ3) is 2.50. The van der Waals surface area contributed by atoms with Crippen LogP contribution in [0.3, 0.4) is 0 Å². The van der Waals surface area contributed by atoms with Crippen molar-refractivity contribution in [3.05, 3.63) is 0 Å². The van der Waals surface area contributed by atoms with E-state index in [9.17, 15) is 0 Å². The van der Waals surface area contributed by atoms with Crippen LogP contribution in [0.25, 0.3) is 0 Å². The molecule has 1 fully saturated rings. The Morgan fingerprint density at radius 1 is 1.29 bits per heavy atom. The molecule has 0 aromatic heterocycles. The zero-order valence-electron chi connectivity index (χ0n) is 10.7. The van der Waals surface area contributed by atoms with Gasteiger partial charge in [0.25, 0.3) is 0 Å². The molecule has 1 nitrogen and oxygen atoms in total. The Morgan fingerprint density at radius 3 is 2.21 bits per heavy atom. The van der Waals surface area contributed by atoms with E-state index < -0.39 is 0 Å². The Balaban J connectivity index is 2.48. The van der Waals surface area contributed by atoms with Crippen LogP contribution in [0.15, 0.2) is 0 Å². The molecule has 1 aliphatic carbocycles. The molecule has 0 aromatic carbocycles. The maximum absolute atomic E-state index is 3.40. The van der Waals surface area contributed by atoms with Gasteiger partial charge in [-0.3, -0.25) is 0 Å². The average molecular weight is 197 g/mol. The Kier molecular flexibility index (Phi) is 3.63. The Hall–Kier alpha value is -0.0400. The molecular weight excluding hydrogens is 170 g/mol. The fourth-order valence-corrected chi connectivity index (χ4v) is 2.71. The maximum atomic E-state index is 3.40. The highest BCUT2D eigenvalue weighted by molar-refractivity contribution is 5.02. The van der Waals surface area contributed by atoms with Crippen LogP contribution in [0.4, 0.5) is 0 Å². The summed E-state index contributed by atoms with van der Waals surface area (Å²) in [5.74, 6) is 2.57. The molecule has 0 heterocycles. The monoisotopic (exact) mass is 197 g/mol. The van der Waals surface area contributed by atoms with Crippen molar-refractivity contribution in [2.45, 2.75) is 53.5 Å². The molecule has 0 spiro atoms. The smallest absolute Gasteiger partial charge is 0.0101 e.